The van der Waals surface area contributed by atoms with Gasteiger partial charge in [-0.3, -0.25) is 9.69 Å². The van der Waals surface area contributed by atoms with Crippen LogP contribution in [0.2, 0.25) is 0 Å². The summed E-state index contributed by atoms with van der Waals surface area (Å²) in [5, 5.41) is 0. The maximum atomic E-state index is 14.1. The second-order valence-corrected chi connectivity index (χ2v) is 6.84. The van der Waals surface area contributed by atoms with Gasteiger partial charge in [-0.15, -0.1) is 0 Å². The van der Waals surface area contributed by atoms with Gasteiger partial charge in [-0.05, 0) is 0 Å². The number of hydrogen-bond donors (Lipinski definition) is 1. The average Bonchev–Trinajstić information content (AvgIpc) is 3.29. The van der Waals surface area contributed by atoms with E-state index in [9.17, 15) is 9.18 Å². The van der Waals surface area contributed by atoms with Crippen LogP contribution in [-0.4, -0.2) is 70.7 Å². The van der Waals surface area contributed by atoms with Crippen molar-refractivity contribution in [2.24, 2.45) is 0 Å². The first-order chi connectivity index (χ1) is 12.7. The number of carbonyl (C=O) groups excluding carboxylic acids is 1. The van der Waals surface area contributed by atoms with E-state index in [1.807, 2.05) is 35.2 Å². The highest BCUT2D eigenvalue weighted by Gasteiger charge is 2.39. The van der Waals surface area contributed by atoms with Gasteiger partial charge in [-0.1, -0.05) is 30.3 Å². The van der Waals surface area contributed by atoms with Gasteiger partial charge in [0, 0.05) is 50.1 Å². The second kappa shape index (κ2) is 7.55. The molecule has 2 atom stereocenters. The van der Waals surface area contributed by atoms with Crippen LogP contribution in [0.5, 0.6) is 0 Å². The van der Waals surface area contributed by atoms with Gasteiger partial charge >= 0.3 is 0 Å². The first kappa shape index (κ1) is 17.2. The molecule has 26 heavy (non-hydrogen) atoms. The van der Waals surface area contributed by atoms with Crippen LogP contribution in [0.1, 0.15) is 12.1 Å². The van der Waals surface area contributed by atoms with Crippen molar-refractivity contribution in [2.45, 2.75) is 25.2 Å². The van der Waals surface area contributed by atoms with Crippen LogP contribution in [0.3, 0.4) is 0 Å². The number of likely N-dealkylation sites (tertiary alicyclic amines) is 1. The van der Waals surface area contributed by atoms with Crippen molar-refractivity contribution in [2.75, 3.05) is 32.8 Å². The van der Waals surface area contributed by atoms with E-state index in [0.717, 1.165) is 17.1 Å². The Bertz CT molecular complexity index is 745. The lowest BCUT2D eigenvalue weighted by Gasteiger charge is -2.32. The monoisotopic (exact) mass is 358 g/mol. The Balaban J connectivity index is 1.46. The number of rotatable bonds is 4. The Labute approximate surface area is 152 Å². The number of aromatic nitrogens is 2. The van der Waals surface area contributed by atoms with E-state index < -0.39 is 12.2 Å². The third-order valence-electron chi connectivity index (χ3n) is 5.01. The minimum absolute atomic E-state index is 0.0104. The van der Waals surface area contributed by atoms with Crippen LogP contribution in [-0.2, 0) is 16.1 Å². The number of nitrogens with zero attached hydrogens (tertiary/aromatic N) is 3. The first-order valence-corrected chi connectivity index (χ1v) is 9.04. The lowest BCUT2D eigenvalue weighted by molar-refractivity contribution is -0.140. The van der Waals surface area contributed by atoms with E-state index in [1.54, 1.807) is 11.1 Å². The molecule has 2 fully saturated rings. The van der Waals surface area contributed by atoms with Crippen LogP contribution < -0.4 is 0 Å². The molecular weight excluding hydrogens is 335 g/mol. The Morgan fingerprint density at radius 1 is 1.27 bits per heavy atom. The molecule has 1 N–H and O–H groups in total. The van der Waals surface area contributed by atoms with Gasteiger partial charge in [-0.25, -0.2) is 9.37 Å². The Hall–Kier alpha value is -2.25. The molecule has 2 aliphatic rings. The van der Waals surface area contributed by atoms with Crippen molar-refractivity contribution in [1.29, 1.82) is 0 Å². The van der Waals surface area contributed by atoms with Gasteiger partial charge in [0.2, 0.25) is 5.91 Å². The summed E-state index contributed by atoms with van der Waals surface area (Å²) in [5.41, 5.74) is 1.89. The Morgan fingerprint density at radius 2 is 2.04 bits per heavy atom. The van der Waals surface area contributed by atoms with E-state index in [2.05, 4.69) is 9.97 Å². The predicted molar refractivity (Wildman–Crippen MR) is 95.1 cm³/mol. The van der Waals surface area contributed by atoms with Crippen LogP contribution in [0.25, 0.3) is 11.4 Å². The van der Waals surface area contributed by atoms with Crippen molar-refractivity contribution in [3.05, 3.63) is 42.2 Å². The van der Waals surface area contributed by atoms with Crippen molar-refractivity contribution < 1.29 is 13.9 Å². The highest BCUT2D eigenvalue weighted by atomic mass is 19.1. The molecule has 0 bridgehead atoms. The molecule has 6 nitrogen and oxygen atoms in total. The van der Waals surface area contributed by atoms with Crippen molar-refractivity contribution in [1.82, 2.24) is 19.8 Å². The number of morpholine rings is 1. The number of carbonyl (C=O) groups is 1. The molecule has 2 aromatic rings. The lowest BCUT2D eigenvalue weighted by atomic mass is 10.1. The molecule has 2 saturated heterocycles. The number of alkyl halides is 1. The van der Waals surface area contributed by atoms with E-state index in [1.165, 1.54) is 0 Å². The van der Waals surface area contributed by atoms with E-state index in [-0.39, 0.29) is 18.9 Å². The van der Waals surface area contributed by atoms with Gasteiger partial charge in [0.15, 0.2) is 0 Å². The highest BCUT2D eigenvalue weighted by Crippen LogP contribution is 2.25. The molecule has 1 aromatic carbocycles. The van der Waals surface area contributed by atoms with Crippen LogP contribution >= 0.6 is 0 Å². The number of H-pyrrole nitrogens is 1. The van der Waals surface area contributed by atoms with Crippen molar-refractivity contribution in [3.63, 3.8) is 0 Å². The molecule has 1 aromatic heterocycles. The fraction of sp³-hybridized carbons (Fsp3) is 0.474. The summed E-state index contributed by atoms with van der Waals surface area (Å²) in [4.78, 5) is 24.2. The molecule has 2 aliphatic heterocycles. The summed E-state index contributed by atoms with van der Waals surface area (Å²) in [6.07, 6.45) is 1.06. The molecule has 0 radical (unpaired) electrons. The van der Waals surface area contributed by atoms with Crippen molar-refractivity contribution >= 4 is 5.91 Å². The minimum atomic E-state index is -0.971. The fourth-order valence-corrected chi connectivity index (χ4v) is 3.67. The molecule has 3 heterocycles. The topological polar surface area (TPSA) is 61.5 Å². The van der Waals surface area contributed by atoms with E-state index in [4.69, 9.17) is 4.74 Å². The summed E-state index contributed by atoms with van der Waals surface area (Å²) < 4.78 is 19.4. The van der Waals surface area contributed by atoms with Gasteiger partial charge in [0.1, 0.15) is 12.0 Å². The molecule has 0 spiro atoms. The SMILES string of the molecule is O=C([C@@H]1C[C@@H](F)CN1Cc1cnc(-c2ccccc2)[nH]1)N1CCOCC1. The normalized spacial score (nSPS) is 24.1. The average molecular weight is 358 g/mol. The minimum Gasteiger partial charge on any atom is -0.378 e. The van der Waals surface area contributed by atoms with Crippen molar-refractivity contribution in [3.8, 4) is 11.4 Å². The summed E-state index contributed by atoms with van der Waals surface area (Å²) in [6, 6.07) is 9.44. The summed E-state index contributed by atoms with van der Waals surface area (Å²) in [5.74, 6) is 0.795. The van der Waals surface area contributed by atoms with E-state index in [0.29, 0.717) is 32.8 Å². The van der Waals surface area contributed by atoms with Gasteiger partial charge < -0.3 is 14.6 Å². The largest absolute Gasteiger partial charge is 0.378 e. The quantitative estimate of drug-likeness (QED) is 0.906. The van der Waals surface area contributed by atoms with Crippen LogP contribution in [0.4, 0.5) is 4.39 Å². The predicted octanol–water partition coefficient (Wildman–Crippen LogP) is 1.85. The fourth-order valence-electron chi connectivity index (χ4n) is 3.67. The third kappa shape index (κ3) is 3.64. The lowest BCUT2D eigenvalue weighted by Crippen LogP contribution is -2.49. The number of nitrogens with one attached hydrogen (secondary N) is 1. The Morgan fingerprint density at radius 3 is 2.81 bits per heavy atom. The molecule has 0 aliphatic carbocycles. The standard InChI is InChI=1S/C19H23FN4O2/c20-15-10-17(19(25)23-6-8-26-9-7-23)24(12-15)13-16-11-21-18(22-16)14-4-2-1-3-5-14/h1-5,11,15,17H,6-10,12-13H2,(H,21,22)/t15-,17+/m1/s1. The van der Waals surface area contributed by atoms with E-state index >= 15 is 0 Å². The number of hydrogen-bond acceptors (Lipinski definition) is 4. The number of halogens is 1. The zero-order valence-electron chi connectivity index (χ0n) is 14.6. The maximum Gasteiger partial charge on any atom is 0.240 e. The number of aromatic amines is 1. The third-order valence-corrected chi connectivity index (χ3v) is 5.01. The zero-order valence-corrected chi connectivity index (χ0v) is 14.6. The number of benzene rings is 1. The van der Waals surface area contributed by atoms with Crippen LogP contribution in [0.15, 0.2) is 36.5 Å². The Kier molecular flexibility index (Phi) is 4.99. The van der Waals surface area contributed by atoms with Gasteiger partial charge in [0.25, 0.3) is 0 Å². The zero-order chi connectivity index (χ0) is 17.9. The molecule has 1 amide bonds. The first-order valence-electron chi connectivity index (χ1n) is 9.04. The number of imidazole rings is 1. The smallest absolute Gasteiger partial charge is 0.240 e. The summed E-state index contributed by atoms with van der Waals surface area (Å²) in [7, 11) is 0. The number of ether oxygens (including phenoxy) is 1. The summed E-state index contributed by atoms with van der Waals surface area (Å²) in [6.45, 7) is 3.04. The summed E-state index contributed by atoms with van der Waals surface area (Å²) >= 11 is 0. The molecule has 138 valence electrons. The highest BCUT2D eigenvalue weighted by molar-refractivity contribution is 5.82. The molecule has 7 heteroatoms. The maximum absolute atomic E-state index is 14.1. The molecule has 4 rings (SSSR count). The second-order valence-electron chi connectivity index (χ2n) is 6.84. The van der Waals surface area contributed by atoms with Gasteiger partial charge in [0.05, 0.1) is 19.3 Å². The molecular formula is C19H23FN4O2. The number of amides is 1. The molecule has 0 unspecified atom stereocenters. The van der Waals surface area contributed by atoms with Gasteiger partial charge in [-0.2, -0.15) is 0 Å². The van der Waals surface area contributed by atoms with Crippen LogP contribution in [0, 0.1) is 0 Å². The molecule has 0 saturated carbocycles.